The summed E-state index contributed by atoms with van der Waals surface area (Å²) in [5.41, 5.74) is 1.03. The van der Waals surface area contributed by atoms with E-state index in [0.29, 0.717) is 22.3 Å². The number of nitriles is 1. The number of hydrogen-bond donors (Lipinski definition) is 2. The van der Waals surface area contributed by atoms with Gasteiger partial charge in [0, 0.05) is 17.6 Å². The minimum atomic E-state index is -0.877. The zero-order valence-electron chi connectivity index (χ0n) is 11.3. The second-order valence-corrected chi connectivity index (χ2v) is 5.92. The molecule has 110 valence electrons. The number of nitrogens with zero attached hydrogens (tertiary/aromatic N) is 2. The van der Waals surface area contributed by atoms with Crippen LogP contribution < -0.4 is 5.32 Å². The summed E-state index contributed by atoms with van der Waals surface area (Å²) in [5.74, 6) is -1.48. The molecule has 2 atom stereocenters. The number of benzene rings is 1. The Morgan fingerprint density at radius 2 is 2.19 bits per heavy atom. The number of halogens is 1. The first-order valence-corrected chi connectivity index (χ1v) is 7.20. The number of carboxylic acids is 1. The van der Waals surface area contributed by atoms with Crippen molar-refractivity contribution in [2.24, 2.45) is 11.8 Å². The number of rotatable bonds is 2. The molecule has 0 aromatic heterocycles. The van der Waals surface area contributed by atoms with E-state index in [2.05, 4.69) is 21.2 Å². The van der Waals surface area contributed by atoms with Gasteiger partial charge in [0.05, 0.1) is 23.2 Å². The summed E-state index contributed by atoms with van der Waals surface area (Å²) in [7, 11) is 0. The Morgan fingerprint density at radius 3 is 2.71 bits per heavy atom. The van der Waals surface area contributed by atoms with Gasteiger partial charge in [0.15, 0.2) is 0 Å². The Kier molecular flexibility index (Phi) is 4.48. The number of carbonyl (C=O) groups is 2. The highest BCUT2D eigenvalue weighted by Crippen LogP contribution is 2.26. The molecule has 0 bridgehead atoms. The quantitative estimate of drug-likeness (QED) is 0.855. The first-order chi connectivity index (χ1) is 9.92. The first-order valence-electron chi connectivity index (χ1n) is 6.40. The minimum absolute atomic E-state index is 0.0716. The van der Waals surface area contributed by atoms with E-state index >= 15 is 0 Å². The molecule has 1 aliphatic rings. The number of amides is 2. The van der Waals surface area contributed by atoms with Gasteiger partial charge < -0.3 is 15.3 Å². The van der Waals surface area contributed by atoms with Crippen LogP contribution in [0.3, 0.4) is 0 Å². The molecule has 21 heavy (non-hydrogen) atoms. The number of anilines is 1. The van der Waals surface area contributed by atoms with E-state index in [-0.39, 0.29) is 18.5 Å². The largest absolute Gasteiger partial charge is 0.481 e. The van der Waals surface area contributed by atoms with Crippen LogP contribution in [-0.4, -0.2) is 35.1 Å². The molecule has 1 fully saturated rings. The van der Waals surface area contributed by atoms with Crippen LogP contribution in [0, 0.1) is 23.2 Å². The lowest BCUT2D eigenvalue weighted by Crippen LogP contribution is -2.33. The van der Waals surface area contributed by atoms with Gasteiger partial charge in [-0.05, 0) is 40.0 Å². The van der Waals surface area contributed by atoms with E-state index < -0.39 is 11.9 Å². The summed E-state index contributed by atoms with van der Waals surface area (Å²) in [5, 5.41) is 20.6. The van der Waals surface area contributed by atoms with Gasteiger partial charge in [0.2, 0.25) is 0 Å². The van der Waals surface area contributed by atoms with Crippen LogP contribution in [0.1, 0.15) is 12.5 Å². The SMILES string of the molecule is C[C@@H]1CN(C(=O)Nc2ccc(C#N)cc2Br)C[C@H]1C(=O)O. The molecule has 0 spiro atoms. The van der Waals surface area contributed by atoms with Gasteiger partial charge in [-0.25, -0.2) is 4.79 Å². The van der Waals surface area contributed by atoms with Crippen molar-refractivity contribution in [1.29, 1.82) is 5.26 Å². The maximum absolute atomic E-state index is 12.2. The van der Waals surface area contributed by atoms with Gasteiger partial charge in [0.1, 0.15) is 0 Å². The van der Waals surface area contributed by atoms with E-state index in [9.17, 15) is 9.59 Å². The molecule has 0 radical (unpaired) electrons. The molecular weight excluding hydrogens is 338 g/mol. The Labute approximate surface area is 130 Å². The van der Waals surface area contributed by atoms with Crippen molar-refractivity contribution < 1.29 is 14.7 Å². The van der Waals surface area contributed by atoms with E-state index in [1.165, 1.54) is 4.90 Å². The fraction of sp³-hybridized carbons (Fsp3) is 0.357. The van der Waals surface area contributed by atoms with Crippen LogP contribution in [-0.2, 0) is 4.79 Å². The van der Waals surface area contributed by atoms with Crippen molar-refractivity contribution in [3.63, 3.8) is 0 Å². The van der Waals surface area contributed by atoms with Crippen molar-refractivity contribution in [3.05, 3.63) is 28.2 Å². The van der Waals surface area contributed by atoms with Crippen molar-refractivity contribution in [1.82, 2.24) is 4.90 Å². The molecule has 2 N–H and O–H groups in total. The summed E-state index contributed by atoms with van der Waals surface area (Å²) < 4.78 is 0.608. The topological polar surface area (TPSA) is 93.4 Å². The number of urea groups is 1. The van der Waals surface area contributed by atoms with Crippen LogP contribution in [0.25, 0.3) is 0 Å². The van der Waals surface area contributed by atoms with Gasteiger partial charge in [-0.3, -0.25) is 4.79 Å². The fourth-order valence-corrected chi connectivity index (χ4v) is 2.81. The Bertz CT molecular complexity index is 626. The zero-order valence-corrected chi connectivity index (χ0v) is 12.9. The Hall–Kier alpha value is -2.07. The maximum Gasteiger partial charge on any atom is 0.321 e. The molecule has 7 heteroatoms. The van der Waals surface area contributed by atoms with Crippen LogP contribution in [0.4, 0.5) is 10.5 Å². The summed E-state index contributed by atoms with van der Waals surface area (Å²) in [6.07, 6.45) is 0. The average molecular weight is 352 g/mol. The molecule has 1 saturated heterocycles. The van der Waals surface area contributed by atoms with E-state index in [1.807, 2.05) is 13.0 Å². The fourth-order valence-electron chi connectivity index (χ4n) is 2.33. The second-order valence-electron chi connectivity index (χ2n) is 5.06. The number of hydrogen-bond acceptors (Lipinski definition) is 3. The minimum Gasteiger partial charge on any atom is -0.481 e. The predicted molar refractivity (Wildman–Crippen MR) is 79.7 cm³/mol. The number of nitrogens with one attached hydrogen (secondary N) is 1. The third-order valence-corrected chi connectivity index (χ3v) is 4.21. The number of likely N-dealkylation sites (tertiary alicyclic amines) is 1. The number of carboxylic acid groups (broad SMARTS) is 1. The molecule has 2 rings (SSSR count). The normalized spacial score (nSPS) is 20.9. The molecule has 1 aromatic rings. The molecule has 0 aliphatic carbocycles. The number of carbonyl (C=O) groups excluding carboxylic acids is 1. The zero-order chi connectivity index (χ0) is 15.6. The highest BCUT2D eigenvalue weighted by molar-refractivity contribution is 9.10. The third kappa shape index (κ3) is 3.34. The summed E-state index contributed by atoms with van der Waals surface area (Å²) in [6, 6.07) is 6.52. The standard InChI is InChI=1S/C14H14BrN3O3/c1-8-6-18(7-10(8)13(19)20)14(21)17-12-3-2-9(5-16)4-11(12)15/h2-4,8,10H,6-7H2,1H3,(H,17,21)(H,19,20)/t8-,10-/m1/s1. The number of aliphatic carboxylic acids is 1. The van der Waals surface area contributed by atoms with E-state index in [0.717, 1.165) is 0 Å². The van der Waals surface area contributed by atoms with Crippen molar-refractivity contribution >= 4 is 33.6 Å². The molecular formula is C14H14BrN3O3. The average Bonchev–Trinajstić information content (AvgIpc) is 2.83. The molecule has 1 aliphatic heterocycles. The van der Waals surface area contributed by atoms with Crippen LogP contribution in [0.15, 0.2) is 22.7 Å². The second kappa shape index (κ2) is 6.14. The third-order valence-electron chi connectivity index (χ3n) is 3.56. The predicted octanol–water partition coefficient (Wildman–Crippen LogP) is 2.51. The lowest BCUT2D eigenvalue weighted by Gasteiger charge is -2.17. The highest BCUT2D eigenvalue weighted by Gasteiger charge is 2.37. The van der Waals surface area contributed by atoms with Crippen LogP contribution in [0.2, 0.25) is 0 Å². The van der Waals surface area contributed by atoms with Crippen molar-refractivity contribution in [2.45, 2.75) is 6.92 Å². The first kappa shape index (κ1) is 15.3. The van der Waals surface area contributed by atoms with Crippen molar-refractivity contribution in [3.8, 4) is 6.07 Å². The summed E-state index contributed by atoms with van der Waals surface area (Å²) in [6.45, 7) is 2.44. The van der Waals surface area contributed by atoms with Gasteiger partial charge in [-0.1, -0.05) is 6.92 Å². The van der Waals surface area contributed by atoms with Crippen molar-refractivity contribution in [2.75, 3.05) is 18.4 Å². The van der Waals surface area contributed by atoms with Gasteiger partial charge in [-0.2, -0.15) is 5.26 Å². The van der Waals surface area contributed by atoms with Gasteiger partial charge >= 0.3 is 12.0 Å². The molecule has 2 amide bonds. The van der Waals surface area contributed by atoms with Crippen LogP contribution in [0.5, 0.6) is 0 Å². The molecule has 0 saturated carbocycles. The molecule has 6 nitrogen and oxygen atoms in total. The summed E-state index contributed by atoms with van der Waals surface area (Å²) in [4.78, 5) is 24.7. The highest BCUT2D eigenvalue weighted by atomic mass is 79.9. The maximum atomic E-state index is 12.2. The lowest BCUT2D eigenvalue weighted by molar-refractivity contribution is -0.142. The monoisotopic (exact) mass is 351 g/mol. The Balaban J connectivity index is 2.06. The van der Waals surface area contributed by atoms with E-state index in [1.54, 1.807) is 18.2 Å². The molecule has 0 unspecified atom stereocenters. The summed E-state index contributed by atoms with van der Waals surface area (Å²) >= 11 is 3.29. The van der Waals surface area contributed by atoms with Gasteiger partial charge in [-0.15, -0.1) is 0 Å². The van der Waals surface area contributed by atoms with Gasteiger partial charge in [0.25, 0.3) is 0 Å². The van der Waals surface area contributed by atoms with Crippen LogP contribution >= 0.6 is 15.9 Å². The Morgan fingerprint density at radius 1 is 1.48 bits per heavy atom. The molecule has 1 aromatic carbocycles. The molecule has 1 heterocycles. The lowest BCUT2D eigenvalue weighted by atomic mass is 9.99. The van der Waals surface area contributed by atoms with E-state index in [4.69, 9.17) is 10.4 Å². The smallest absolute Gasteiger partial charge is 0.321 e.